The number of halogens is 1. The van der Waals surface area contributed by atoms with Crippen LogP contribution in [0.25, 0.3) is 0 Å². The second-order valence-electron chi connectivity index (χ2n) is 9.03. The topological polar surface area (TPSA) is 52.6 Å². The van der Waals surface area contributed by atoms with Gasteiger partial charge in [0.25, 0.3) is 0 Å². The molecule has 3 atom stereocenters. The number of carbonyl (C=O) groups excluding carboxylic acids is 1. The highest BCUT2D eigenvalue weighted by Gasteiger charge is 2.46. The van der Waals surface area contributed by atoms with E-state index >= 15 is 0 Å². The van der Waals surface area contributed by atoms with Crippen molar-refractivity contribution in [1.29, 1.82) is 0 Å². The fourth-order valence-electron chi connectivity index (χ4n) is 5.01. The summed E-state index contributed by atoms with van der Waals surface area (Å²) in [6, 6.07) is 16.0. The molecule has 0 radical (unpaired) electrons. The van der Waals surface area contributed by atoms with E-state index in [-0.39, 0.29) is 23.7 Å². The number of rotatable bonds is 5. The summed E-state index contributed by atoms with van der Waals surface area (Å²) in [5.41, 5.74) is 0.914. The van der Waals surface area contributed by atoms with Crippen molar-refractivity contribution >= 4 is 5.91 Å². The highest BCUT2D eigenvalue weighted by Crippen LogP contribution is 2.38. The Morgan fingerprint density at radius 3 is 2.60 bits per heavy atom. The van der Waals surface area contributed by atoms with Gasteiger partial charge >= 0.3 is 0 Å². The summed E-state index contributed by atoms with van der Waals surface area (Å²) in [5.74, 6) is -0.166. The van der Waals surface area contributed by atoms with Crippen LogP contribution in [0.3, 0.4) is 0 Å². The molecular formula is C25H31FN2O2. The molecule has 2 fully saturated rings. The number of hydrogen-bond acceptors (Lipinski definition) is 3. The van der Waals surface area contributed by atoms with Crippen LogP contribution >= 0.6 is 0 Å². The standard InChI is InChI=1S/C25H31FN2O2/c1-25(30)14-15-28(17-18-8-7-13-21(26)16-18)22(19-9-3-2-4-10-19)23(25)27-24(29)20-11-5-6-12-20/h2-4,7-10,13,16,20,22-23,30H,5-6,11-12,14-15,17H2,1H3,(H,27,29)/t22-,23-,25+/m0/s1. The summed E-state index contributed by atoms with van der Waals surface area (Å²) in [6.07, 6.45) is 4.56. The van der Waals surface area contributed by atoms with Crippen LogP contribution in [0.2, 0.25) is 0 Å². The van der Waals surface area contributed by atoms with Gasteiger partial charge in [-0.25, -0.2) is 4.39 Å². The van der Waals surface area contributed by atoms with E-state index in [0.717, 1.165) is 36.8 Å². The first-order valence-corrected chi connectivity index (χ1v) is 11.0. The average molecular weight is 411 g/mol. The Bertz CT molecular complexity index is 864. The van der Waals surface area contributed by atoms with Crippen molar-refractivity contribution < 1.29 is 14.3 Å². The molecule has 160 valence electrons. The normalized spacial score (nSPS) is 27.8. The molecule has 0 unspecified atom stereocenters. The predicted molar refractivity (Wildman–Crippen MR) is 115 cm³/mol. The predicted octanol–water partition coefficient (Wildman–Crippen LogP) is 4.20. The molecule has 4 nitrogen and oxygen atoms in total. The lowest BCUT2D eigenvalue weighted by Gasteiger charge is -2.49. The molecule has 2 aromatic rings. The number of benzene rings is 2. The monoisotopic (exact) mass is 410 g/mol. The molecule has 1 aliphatic carbocycles. The van der Waals surface area contributed by atoms with Crippen molar-refractivity contribution in [3.8, 4) is 0 Å². The van der Waals surface area contributed by atoms with Crippen molar-refractivity contribution in [3.05, 3.63) is 71.5 Å². The van der Waals surface area contributed by atoms with Crippen molar-refractivity contribution in [1.82, 2.24) is 10.2 Å². The highest BCUT2D eigenvalue weighted by molar-refractivity contribution is 5.79. The van der Waals surface area contributed by atoms with Crippen LogP contribution in [-0.4, -0.2) is 34.1 Å². The Kier molecular flexibility index (Phi) is 6.21. The average Bonchev–Trinajstić information content (AvgIpc) is 3.26. The fourth-order valence-corrected chi connectivity index (χ4v) is 5.01. The minimum atomic E-state index is -1.02. The zero-order chi connectivity index (χ0) is 21.1. The fraction of sp³-hybridized carbons (Fsp3) is 0.480. The Hall–Kier alpha value is -2.24. The van der Waals surface area contributed by atoms with Crippen molar-refractivity contribution in [2.75, 3.05) is 6.54 Å². The smallest absolute Gasteiger partial charge is 0.223 e. The van der Waals surface area contributed by atoms with Crippen LogP contribution in [0, 0.1) is 11.7 Å². The summed E-state index contributed by atoms with van der Waals surface area (Å²) >= 11 is 0. The third-order valence-corrected chi connectivity index (χ3v) is 6.72. The number of piperidine rings is 1. The molecule has 2 N–H and O–H groups in total. The summed E-state index contributed by atoms with van der Waals surface area (Å²) in [6.45, 7) is 3.05. The first-order valence-electron chi connectivity index (χ1n) is 11.0. The van der Waals surface area contributed by atoms with Gasteiger partial charge in [0.1, 0.15) is 5.82 Å². The molecular weight excluding hydrogens is 379 g/mol. The number of carbonyl (C=O) groups is 1. The molecule has 5 heteroatoms. The summed E-state index contributed by atoms with van der Waals surface area (Å²) < 4.78 is 13.8. The number of nitrogens with zero attached hydrogens (tertiary/aromatic N) is 1. The quantitative estimate of drug-likeness (QED) is 0.777. The second kappa shape index (κ2) is 8.86. The molecule has 0 bridgehead atoms. The SMILES string of the molecule is C[C@@]1(O)CCN(Cc2cccc(F)c2)[C@@H](c2ccccc2)[C@@H]1NC(=O)C1CCCC1. The van der Waals surface area contributed by atoms with Crippen LogP contribution in [0.4, 0.5) is 4.39 Å². The lowest BCUT2D eigenvalue weighted by atomic mass is 9.79. The molecule has 1 aliphatic heterocycles. The maximum Gasteiger partial charge on any atom is 0.223 e. The Morgan fingerprint density at radius 2 is 1.90 bits per heavy atom. The lowest BCUT2D eigenvalue weighted by Crippen LogP contribution is -2.62. The zero-order valence-corrected chi connectivity index (χ0v) is 17.6. The third-order valence-electron chi connectivity index (χ3n) is 6.72. The summed E-state index contributed by atoms with van der Waals surface area (Å²) in [7, 11) is 0. The van der Waals surface area contributed by atoms with Crippen LogP contribution in [0.1, 0.15) is 56.2 Å². The summed E-state index contributed by atoms with van der Waals surface area (Å²) in [5, 5.41) is 14.5. The molecule has 4 rings (SSSR count). The van der Waals surface area contributed by atoms with Gasteiger partial charge < -0.3 is 10.4 Å². The molecule has 1 saturated carbocycles. The van der Waals surface area contributed by atoms with Gasteiger partial charge in [0.05, 0.1) is 17.7 Å². The highest BCUT2D eigenvalue weighted by atomic mass is 19.1. The lowest BCUT2D eigenvalue weighted by molar-refractivity contribution is -0.132. The number of aliphatic hydroxyl groups is 1. The molecule has 1 heterocycles. The minimum Gasteiger partial charge on any atom is -0.388 e. The van der Waals surface area contributed by atoms with E-state index in [1.165, 1.54) is 6.07 Å². The van der Waals surface area contributed by atoms with Crippen LogP contribution < -0.4 is 5.32 Å². The van der Waals surface area contributed by atoms with E-state index in [0.29, 0.717) is 19.5 Å². The number of hydrogen-bond donors (Lipinski definition) is 2. The van der Waals surface area contributed by atoms with Crippen LogP contribution in [0.15, 0.2) is 54.6 Å². The third kappa shape index (κ3) is 4.57. The van der Waals surface area contributed by atoms with E-state index in [4.69, 9.17) is 0 Å². The van der Waals surface area contributed by atoms with Gasteiger partial charge in [-0.15, -0.1) is 0 Å². The van der Waals surface area contributed by atoms with Crippen molar-refractivity contribution in [3.63, 3.8) is 0 Å². The maximum absolute atomic E-state index is 13.8. The van der Waals surface area contributed by atoms with Gasteiger partial charge in [0.2, 0.25) is 5.91 Å². The Morgan fingerprint density at radius 1 is 1.17 bits per heavy atom. The number of nitrogens with one attached hydrogen (secondary N) is 1. The molecule has 1 saturated heterocycles. The van der Waals surface area contributed by atoms with Crippen LogP contribution in [0.5, 0.6) is 0 Å². The molecule has 1 amide bonds. The van der Waals surface area contributed by atoms with Gasteiger partial charge in [-0.05, 0) is 49.4 Å². The molecule has 30 heavy (non-hydrogen) atoms. The molecule has 0 spiro atoms. The van der Waals surface area contributed by atoms with Gasteiger partial charge in [-0.1, -0.05) is 55.3 Å². The largest absolute Gasteiger partial charge is 0.388 e. The Balaban J connectivity index is 1.65. The van der Waals surface area contributed by atoms with Gasteiger partial charge in [-0.2, -0.15) is 0 Å². The summed E-state index contributed by atoms with van der Waals surface area (Å²) in [4.78, 5) is 15.2. The minimum absolute atomic E-state index is 0.0378. The molecule has 2 aromatic carbocycles. The van der Waals surface area contributed by atoms with Gasteiger partial charge in [0.15, 0.2) is 0 Å². The first kappa shape index (κ1) is 21.0. The first-order chi connectivity index (χ1) is 14.4. The van der Waals surface area contributed by atoms with Crippen molar-refractivity contribution in [2.45, 2.75) is 63.3 Å². The van der Waals surface area contributed by atoms with E-state index in [9.17, 15) is 14.3 Å². The molecule has 0 aromatic heterocycles. The number of amides is 1. The van der Waals surface area contributed by atoms with E-state index < -0.39 is 11.6 Å². The molecule has 2 aliphatic rings. The van der Waals surface area contributed by atoms with E-state index in [1.54, 1.807) is 12.1 Å². The zero-order valence-electron chi connectivity index (χ0n) is 17.6. The van der Waals surface area contributed by atoms with Crippen molar-refractivity contribution in [2.24, 2.45) is 5.92 Å². The van der Waals surface area contributed by atoms with E-state index in [2.05, 4.69) is 10.2 Å². The maximum atomic E-state index is 13.8. The number of likely N-dealkylation sites (tertiary alicyclic amines) is 1. The Labute approximate surface area is 178 Å². The second-order valence-corrected chi connectivity index (χ2v) is 9.03. The van der Waals surface area contributed by atoms with Gasteiger partial charge in [0, 0.05) is 19.0 Å². The van der Waals surface area contributed by atoms with Crippen LogP contribution in [-0.2, 0) is 11.3 Å². The van der Waals surface area contributed by atoms with Gasteiger partial charge in [-0.3, -0.25) is 9.69 Å². The van der Waals surface area contributed by atoms with E-state index in [1.807, 2.05) is 43.3 Å².